The Hall–Kier alpha value is -2.19. The van der Waals surface area contributed by atoms with E-state index in [0.717, 1.165) is 49.4 Å². The van der Waals surface area contributed by atoms with Crippen molar-refractivity contribution in [1.82, 2.24) is 9.97 Å². The number of nitrogens with zero attached hydrogens (tertiary/aromatic N) is 4. The average molecular weight is 426 g/mol. The van der Waals surface area contributed by atoms with Crippen molar-refractivity contribution in [3.05, 3.63) is 46.0 Å². The molecule has 1 aromatic heterocycles. The number of piperidine rings is 1. The van der Waals surface area contributed by atoms with Crippen molar-refractivity contribution in [2.75, 3.05) is 35.6 Å². The van der Waals surface area contributed by atoms with Gasteiger partial charge in [-0.1, -0.05) is 35.0 Å². The normalized spacial score (nSPS) is 22.6. The Morgan fingerprint density at radius 2 is 1.97 bits per heavy atom. The van der Waals surface area contributed by atoms with E-state index in [2.05, 4.69) is 46.6 Å². The molecule has 1 saturated heterocycles. The number of anilines is 2. The second-order valence-corrected chi connectivity index (χ2v) is 10.3. The molecule has 0 radical (unpaired) electrons. The Morgan fingerprint density at radius 1 is 1.23 bits per heavy atom. The zero-order chi connectivity index (χ0) is 20.7. The van der Waals surface area contributed by atoms with Crippen molar-refractivity contribution in [1.29, 1.82) is 0 Å². The number of benzene rings is 1. The Balaban J connectivity index is 1.35. The molecule has 8 heteroatoms. The van der Waals surface area contributed by atoms with Crippen LogP contribution in [0.2, 0.25) is 0 Å². The van der Waals surface area contributed by atoms with Gasteiger partial charge in [0.25, 0.3) is 0 Å². The Morgan fingerprint density at radius 3 is 2.63 bits per heavy atom. The summed E-state index contributed by atoms with van der Waals surface area (Å²) in [6.45, 7) is 4.14. The lowest BCUT2D eigenvalue weighted by Crippen LogP contribution is -2.35. The molecule has 7 nitrogen and oxygen atoms in total. The van der Waals surface area contributed by atoms with Crippen molar-refractivity contribution >= 4 is 22.9 Å². The lowest BCUT2D eigenvalue weighted by Gasteiger charge is -2.32. The molecule has 1 aliphatic carbocycles. The lowest BCUT2D eigenvalue weighted by atomic mass is 9.89. The SMILES string of the molecule is Cc1ccc(C2CCN(c3nc4c(c(NC5(CN=O)CC5)n3)[S+]([O-])CC4)CC2)cc1. The van der Waals surface area contributed by atoms with Crippen LogP contribution >= 0.6 is 0 Å². The topological polar surface area (TPSA) is 93.5 Å². The van der Waals surface area contributed by atoms with Crippen LogP contribution in [0.15, 0.2) is 34.3 Å². The first-order valence-corrected chi connectivity index (χ1v) is 12.1. The van der Waals surface area contributed by atoms with E-state index in [1.807, 2.05) is 0 Å². The molecule has 2 aromatic rings. The van der Waals surface area contributed by atoms with Crippen LogP contribution < -0.4 is 10.2 Å². The van der Waals surface area contributed by atoms with E-state index in [4.69, 9.17) is 9.97 Å². The van der Waals surface area contributed by atoms with Gasteiger partial charge in [0.2, 0.25) is 10.8 Å². The molecule has 5 rings (SSSR count). The van der Waals surface area contributed by atoms with E-state index in [1.165, 1.54) is 11.1 Å². The first-order valence-electron chi connectivity index (χ1n) is 10.7. The van der Waals surface area contributed by atoms with Crippen LogP contribution in [0, 0.1) is 11.8 Å². The second-order valence-electron chi connectivity index (χ2n) is 8.81. The smallest absolute Gasteiger partial charge is 0.227 e. The molecule has 2 fully saturated rings. The predicted molar refractivity (Wildman–Crippen MR) is 119 cm³/mol. The fourth-order valence-corrected chi connectivity index (χ4v) is 5.82. The number of hydrogen-bond donors (Lipinski definition) is 1. The quantitative estimate of drug-likeness (QED) is 0.562. The van der Waals surface area contributed by atoms with Crippen LogP contribution in [0.1, 0.15) is 48.4 Å². The Bertz CT molecular complexity index is 939. The highest BCUT2D eigenvalue weighted by Crippen LogP contribution is 2.42. The summed E-state index contributed by atoms with van der Waals surface area (Å²) in [4.78, 5) is 23.4. The molecule has 158 valence electrons. The highest BCUT2D eigenvalue weighted by molar-refractivity contribution is 7.91. The van der Waals surface area contributed by atoms with Gasteiger partial charge in [0.05, 0.1) is 5.54 Å². The highest BCUT2D eigenvalue weighted by atomic mass is 32.2. The highest BCUT2D eigenvalue weighted by Gasteiger charge is 2.46. The number of fused-ring (bicyclic) bond motifs is 1. The molecule has 2 aliphatic heterocycles. The van der Waals surface area contributed by atoms with Crippen LogP contribution in [0.25, 0.3) is 0 Å². The van der Waals surface area contributed by atoms with Gasteiger partial charge in [-0.2, -0.15) is 9.89 Å². The largest absolute Gasteiger partial charge is 0.611 e. The molecule has 3 heterocycles. The van der Waals surface area contributed by atoms with E-state index < -0.39 is 11.2 Å². The molecule has 30 heavy (non-hydrogen) atoms. The van der Waals surface area contributed by atoms with Crippen molar-refractivity contribution in [3.63, 3.8) is 0 Å². The third-order valence-corrected chi connectivity index (χ3v) is 8.07. The zero-order valence-corrected chi connectivity index (χ0v) is 18.1. The van der Waals surface area contributed by atoms with Gasteiger partial charge in [0.1, 0.15) is 18.0 Å². The standard InChI is InChI=1S/C22H27N5O2S/c1-15-2-4-16(5-3-15)17-6-11-27(12-7-17)21-24-18-8-13-30(29)19(18)20(25-21)26-22(9-10-22)14-23-28/h2-5,17H,6-14H2,1H3,(H,24,25,26). The maximum Gasteiger partial charge on any atom is 0.227 e. The van der Waals surface area contributed by atoms with Gasteiger partial charge in [-0.25, -0.2) is 4.98 Å². The summed E-state index contributed by atoms with van der Waals surface area (Å²) in [7, 11) is 0. The first-order chi connectivity index (χ1) is 14.6. The Labute approximate surface area is 179 Å². The molecule has 1 N–H and O–H groups in total. The molecule has 3 aliphatic rings. The molecule has 1 aromatic carbocycles. The number of aryl methyl sites for hydroxylation is 2. The summed E-state index contributed by atoms with van der Waals surface area (Å²) < 4.78 is 12.6. The second kappa shape index (κ2) is 7.81. The van der Waals surface area contributed by atoms with Crippen LogP contribution in [0.3, 0.4) is 0 Å². The fraction of sp³-hybridized carbons (Fsp3) is 0.545. The van der Waals surface area contributed by atoms with Crippen LogP contribution in [0.5, 0.6) is 0 Å². The summed E-state index contributed by atoms with van der Waals surface area (Å²) in [5, 5.41) is 6.51. The lowest BCUT2D eigenvalue weighted by molar-refractivity contribution is 0.498. The minimum Gasteiger partial charge on any atom is -0.611 e. The first kappa shape index (κ1) is 19.8. The minimum absolute atomic E-state index is 0.218. The molecular weight excluding hydrogens is 398 g/mol. The summed E-state index contributed by atoms with van der Waals surface area (Å²) >= 11 is -1.08. The molecule has 1 saturated carbocycles. The van der Waals surface area contributed by atoms with E-state index in [-0.39, 0.29) is 12.1 Å². The number of hydrogen-bond acceptors (Lipinski definition) is 7. The molecule has 0 bridgehead atoms. The average Bonchev–Trinajstić information content (AvgIpc) is 3.40. The van der Waals surface area contributed by atoms with Crippen molar-refractivity contribution < 1.29 is 4.55 Å². The molecule has 1 unspecified atom stereocenters. The van der Waals surface area contributed by atoms with E-state index >= 15 is 0 Å². The van der Waals surface area contributed by atoms with Crippen LogP contribution in [0.4, 0.5) is 11.8 Å². The molecular formula is C22H27N5O2S. The molecule has 1 atom stereocenters. The van der Waals surface area contributed by atoms with E-state index in [9.17, 15) is 9.46 Å². The predicted octanol–water partition coefficient (Wildman–Crippen LogP) is 3.54. The summed E-state index contributed by atoms with van der Waals surface area (Å²) in [6, 6.07) is 8.86. The fourth-order valence-electron chi connectivity index (χ4n) is 4.51. The molecule has 0 spiro atoms. The molecule has 0 amide bonds. The zero-order valence-electron chi connectivity index (χ0n) is 17.3. The van der Waals surface area contributed by atoms with Gasteiger partial charge >= 0.3 is 0 Å². The van der Waals surface area contributed by atoms with Crippen molar-refractivity contribution in [3.8, 4) is 0 Å². The number of nitrogens with one attached hydrogen (secondary N) is 1. The van der Waals surface area contributed by atoms with Crippen LogP contribution in [-0.4, -0.2) is 45.4 Å². The minimum atomic E-state index is -1.08. The monoisotopic (exact) mass is 425 g/mol. The van der Waals surface area contributed by atoms with Gasteiger partial charge in [-0.05, 0) is 55.3 Å². The van der Waals surface area contributed by atoms with Gasteiger partial charge in [-0.3, -0.25) is 0 Å². The van der Waals surface area contributed by atoms with Crippen molar-refractivity contribution in [2.24, 2.45) is 5.18 Å². The number of rotatable bonds is 6. The van der Waals surface area contributed by atoms with Gasteiger partial charge in [-0.15, -0.1) is 0 Å². The third-order valence-electron chi connectivity index (χ3n) is 6.61. The maximum absolute atomic E-state index is 12.6. The van der Waals surface area contributed by atoms with Crippen LogP contribution in [-0.2, 0) is 17.6 Å². The number of aromatic nitrogens is 2. The van der Waals surface area contributed by atoms with Crippen molar-refractivity contribution in [2.45, 2.75) is 55.4 Å². The van der Waals surface area contributed by atoms with Gasteiger partial charge < -0.3 is 14.8 Å². The van der Waals surface area contributed by atoms with Gasteiger partial charge in [0, 0.05) is 19.5 Å². The summed E-state index contributed by atoms with van der Waals surface area (Å²) in [6.07, 6.45) is 4.63. The van der Waals surface area contributed by atoms with E-state index in [1.54, 1.807) is 0 Å². The summed E-state index contributed by atoms with van der Waals surface area (Å²) in [5.41, 5.74) is 3.27. The third kappa shape index (κ3) is 3.78. The van der Waals surface area contributed by atoms with E-state index in [0.29, 0.717) is 29.9 Å². The maximum atomic E-state index is 12.6. The Kier molecular flexibility index (Phi) is 5.14. The number of nitroso groups, excluding NO2 is 1. The summed E-state index contributed by atoms with van der Waals surface area (Å²) in [5.74, 6) is 2.52. The van der Waals surface area contributed by atoms with Gasteiger partial charge in [0.15, 0.2) is 5.82 Å².